The summed E-state index contributed by atoms with van der Waals surface area (Å²) < 4.78 is 41.0. The number of carbonyl (C=O) groups excluding carboxylic acids is 3. The topological polar surface area (TPSA) is 178 Å². The SMILES string of the molecule is Cn1c(=O)n(C2CCC(=O)NC2=O)c2ccc(CCCOC3CCN(C[C@H]4CC[C@H](n5cc(NC(=O)c6cnn7ccc(N8CCNCC8)nc67)c(C(F)F)n5)CC4)CC3)cc21. The van der Waals surface area contributed by atoms with Crippen molar-refractivity contribution in [1.82, 2.24) is 49.0 Å². The van der Waals surface area contributed by atoms with Gasteiger partial charge in [0.25, 0.3) is 12.3 Å². The highest BCUT2D eigenvalue weighted by molar-refractivity contribution is 6.08. The van der Waals surface area contributed by atoms with Crippen LogP contribution in [0.1, 0.15) is 97.9 Å². The summed E-state index contributed by atoms with van der Waals surface area (Å²) in [6, 6.07) is 7.02. The Labute approximate surface area is 356 Å². The van der Waals surface area contributed by atoms with Gasteiger partial charge in [0.2, 0.25) is 11.8 Å². The fourth-order valence-electron chi connectivity index (χ4n) is 9.67. The number of hydrogen-bond acceptors (Lipinski definition) is 11. The van der Waals surface area contributed by atoms with Crippen molar-refractivity contribution in [1.29, 1.82) is 0 Å². The third-order valence-electron chi connectivity index (χ3n) is 13.1. The lowest BCUT2D eigenvalue weighted by Gasteiger charge is -2.36. The molecule has 3 amide bonds. The number of imide groups is 1. The van der Waals surface area contributed by atoms with Gasteiger partial charge in [-0.15, -0.1) is 0 Å². The van der Waals surface area contributed by atoms with Gasteiger partial charge in [0, 0.05) is 78.3 Å². The number of likely N-dealkylation sites (tertiary alicyclic amines) is 1. The molecule has 3 saturated heterocycles. The van der Waals surface area contributed by atoms with Crippen LogP contribution in [0.2, 0.25) is 0 Å². The lowest BCUT2D eigenvalue weighted by Crippen LogP contribution is -2.44. The number of carbonyl (C=O) groups is 3. The lowest BCUT2D eigenvalue weighted by atomic mass is 9.85. The van der Waals surface area contributed by atoms with Gasteiger partial charge in [-0.25, -0.2) is 23.1 Å². The van der Waals surface area contributed by atoms with E-state index in [4.69, 9.17) is 9.72 Å². The lowest BCUT2D eigenvalue weighted by molar-refractivity contribution is -0.135. The first-order valence-electron chi connectivity index (χ1n) is 22.0. The van der Waals surface area contributed by atoms with Crippen molar-refractivity contribution in [2.24, 2.45) is 13.0 Å². The Morgan fingerprint density at radius 2 is 1.77 bits per heavy atom. The number of amides is 3. The number of fused-ring (bicyclic) bond motifs is 2. The van der Waals surface area contributed by atoms with Gasteiger partial charge in [0.1, 0.15) is 17.4 Å². The average molecular weight is 857 g/mol. The highest BCUT2D eigenvalue weighted by Crippen LogP contribution is 2.36. The molecule has 1 aliphatic carbocycles. The van der Waals surface area contributed by atoms with E-state index in [0.717, 1.165) is 114 Å². The van der Waals surface area contributed by atoms with E-state index < -0.39 is 30.0 Å². The molecule has 7 heterocycles. The zero-order valence-corrected chi connectivity index (χ0v) is 35.0. The molecule has 0 spiro atoms. The highest BCUT2D eigenvalue weighted by atomic mass is 19.3. The van der Waals surface area contributed by atoms with Crippen molar-refractivity contribution in [2.75, 3.05) is 62.6 Å². The summed E-state index contributed by atoms with van der Waals surface area (Å²) in [5.41, 5.74) is 2.39. The largest absolute Gasteiger partial charge is 0.378 e. The van der Waals surface area contributed by atoms with Gasteiger partial charge in [-0.05, 0) is 87.5 Å². The Kier molecular flexibility index (Phi) is 12.2. The summed E-state index contributed by atoms with van der Waals surface area (Å²) in [6.07, 6.45) is 9.75. The number of aromatic nitrogens is 7. The van der Waals surface area contributed by atoms with Crippen LogP contribution in [-0.2, 0) is 27.8 Å². The standard InChI is InChI=1S/C43H54F2N12O5/c1-52-35-23-27(6-9-33(35)57(43(52)61)34-10-11-37(58)50-42(34)60)3-2-22-62-30-12-17-53(18-13-30)25-28-4-7-29(8-5-28)56-26-32(38(51-56)39(44)45)48-41(59)31-24-47-55-19-14-36(49-40(31)55)54-20-15-46-16-21-54/h6,9,14,19,23-24,26,28-30,34,39,46H,2-5,7-8,10-13,15-18,20-22,25H2,1H3,(H,48,59)(H,50,58,60)/t28-,29-,34?. The molecule has 9 rings (SSSR count). The van der Waals surface area contributed by atoms with E-state index in [-0.39, 0.29) is 41.4 Å². The predicted octanol–water partition coefficient (Wildman–Crippen LogP) is 4.00. The van der Waals surface area contributed by atoms with Gasteiger partial charge < -0.3 is 25.2 Å². The monoisotopic (exact) mass is 856 g/mol. The number of piperidine rings is 2. The first kappa shape index (κ1) is 41.8. The van der Waals surface area contributed by atoms with E-state index in [1.165, 1.54) is 15.3 Å². The molecule has 4 fully saturated rings. The molecule has 1 unspecified atom stereocenters. The molecule has 0 bridgehead atoms. The second-order valence-corrected chi connectivity index (χ2v) is 17.2. The van der Waals surface area contributed by atoms with Crippen LogP contribution in [0.4, 0.5) is 20.3 Å². The number of hydrogen-bond donors (Lipinski definition) is 3. The van der Waals surface area contributed by atoms with Crippen LogP contribution >= 0.6 is 0 Å². The van der Waals surface area contributed by atoms with E-state index in [1.807, 2.05) is 24.3 Å². The highest BCUT2D eigenvalue weighted by Gasteiger charge is 2.32. The predicted molar refractivity (Wildman–Crippen MR) is 227 cm³/mol. The molecule has 1 atom stereocenters. The number of nitrogens with one attached hydrogen (secondary N) is 3. The smallest absolute Gasteiger partial charge is 0.329 e. The van der Waals surface area contributed by atoms with Gasteiger partial charge in [-0.3, -0.25) is 33.5 Å². The molecule has 17 nitrogen and oxygen atoms in total. The summed E-state index contributed by atoms with van der Waals surface area (Å²) in [5, 5.41) is 16.9. The number of alkyl halides is 2. The number of benzene rings is 1. The fourth-order valence-corrected chi connectivity index (χ4v) is 9.67. The van der Waals surface area contributed by atoms with Crippen molar-refractivity contribution >= 4 is 45.9 Å². The Morgan fingerprint density at radius 1 is 0.984 bits per heavy atom. The maximum Gasteiger partial charge on any atom is 0.329 e. The molecule has 0 radical (unpaired) electrons. The molecule has 4 aromatic heterocycles. The minimum absolute atomic E-state index is 0.00339. The number of aryl methyl sites for hydroxylation is 2. The van der Waals surface area contributed by atoms with Gasteiger partial charge >= 0.3 is 5.69 Å². The molecule has 1 aromatic carbocycles. The van der Waals surface area contributed by atoms with E-state index in [2.05, 4.69) is 35.9 Å². The molecule has 62 heavy (non-hydrogen) atoms. The van der Waals surface area contributed by atoms with Gasteiger partial charge in [-0.1, -0.05) is 6.07 Å². The second kappa shape index (κ2) is 18.1. The van der Waals surface area contributed by atoms with Crippen molar-refractivity contribution < 1.29 is 27.9 Å². The van der Waals surface area contributed by atoms with E-state index in [0.29, 0.717) is 30.1 Å². The van der Waals surface area contributed by atoms with E-state index >= 15 is 0 Å². The molecular weight excluding hydrogens is 803 g/mol. The number of ether oxygens (including phenoxy) is 1. The van der Waals surface area contributed by atoms with Crippen LogP contribution in [0.3, 0.4) is 0 Å². The van der Waals surface area contributed by atoms with Crippen molar-refractivity contribution in [3.05, 3.63) is 70.2 Å². The van der Waals surface area contributed by atoms with Crippen LogP contribution in [0.15, 0.2) is 47.7 Å². The first-order valence-corrected chi connectivity index (χ1v) is 22.0. The number of anilines is 2. The number of imidazole rings is 1. The molecule has 5 aromatic rings. The minimum atomic E-state index is -2.85. The quantitative estimate of drug-likeness (QED) is 0.115. The molecule has 19 heteroatoms. The Morgan fingerprint density at radius 3 is 2.53 bits per heavy atom. The summed E-state index contributed by atoms with van der Waals surface area (Å²) in [5.74, 6) is -0.0621. The normalized spacial score (nSPS) is 21.9. The maximum atomic E-state index is 14.3. The van der Waals surface area contributed by atoms with Crippen molar-refractivity contribution in [2.45, 2.75) is 88.8 Å². The van der Waals surface area contributed by atoms with Gasteiger partial charge in [0.15, 0.2) is 11.3 Å². The van der Waals surface area contributed by atoms with Crippen molar-refractivity contribution in [3.63, 3.8) is 0 Å². The van der Waals surface area contributed by atoms with Crippen LogP contribution in [0.5, 0.6) is 0 Å². The van der Waals surface area contributed by atoms with E-state index in [9.17, 15) is 28.0 Å². The molecule has 3 N–H and O–H groups in total. The number of rotatable bonds is 13. The van der Waals surface area contributed by atoms with Crippen LogP contribution < -0.4 is 26.5 Å². The summed E-state index contributed by atoms with van der Waals surface area (Å²) in [7, 11) is 1.71. The summed E-state index contributed by atoms with van der Waals surface area (Å²) in [6.45, 7) is 6.84. The van der Waals surface area contributed by atoms with Gasteiger partial charge in [0.05, 0.1) is 35.1 Å². The fraction of sp³-hybridized carbons (Fsp3) is 0.558. The number of piperazine rings is 1. The zero-order valence-electron chi connectivity index (χ0n) is 35.0. The van der Waals surface area contributed by atoms with Crippen molar-refractivity contribution in [3.8, 4) is 0 Å². The zero-order chi connectivity index (χ0) is 42.9. The third-order valence-corrected chi connectivity index (χ3v) is 13.1. The third kappa shape index (κ3) is 8.74. The molecule has 3 aliphatic heterocycles. The molecule has 330 valence electrons. The van der Waals surface area contributed by atoms with E-state index in [1.54, 1.807) is 28.7 Å². The average Bonchev–Trinajstić information content (AvgIpc) is 3.97. The Balaban J connectivity index is 0.717. The second-order valence-electron chi connectivity index (χ2n) is 17.2. The van der Waals surface area contributed by atoms with Gasteiger partial charge in [-0.2, -0.15) is 10.2 Å². The van der Waals surface area contributed by atoms with Crippen LogP contribution in [0.25, 0.3) is 16.7 Å². The molecular formula is C43H54F2N12O5. The summed E-state index contributed by atoms with van der Waals surface area (Å²) in [4.78, 5) is 60.1. The Bertz CT molecular complexity index is 2490. The molecule has 4 aliphatic rings. The minimum Gasteiger partial charge on any atom is -0.378 e. The summed E-state index contributed by atoms with van der Waals surface area (Å²) >= 11 is 0. The maximum absolute atomic E-state index is 14.3. The first-order chi connectivity index (χ1) is 30.1. The van der Waals surface area contributed by atoms with Crippen LogP contribution in [-0.4, -0.2) is 115 Å². The Hall–Kier alpha value is -5.53. The van der Waals surface area contributed by atoms with Crippen LogP contribution in [0, 0.1) is 5.92 Å². The number of nitrogens with zero attached hydrogens (tertiary/aromatic N) is 9. The number of halogens is 2. The molecule has 1 saturated carbocycles.